The number of rotatable bonds is 11. The maximum absolute atomic E-state index is 13.2. The number of amides is 1. The van der Waals surface area contributed by atoms with E-state index in [-0.39, 0.29) is 17.3 Å². The first-order valence-electron chi connectivity index (χ1n) is 10.8. The third-order valence-corrected chi connectivity index (χ3v) is 7.87. The van der Waals surface area contributed by atoms with E-state index in [9.17, 15) is 17.6 Å². The normalized spacial score (nSPS) is 11.4. The molecule has 0 bridgehead atoms. The van der Waals surface area contributed by atoms with E-state index in [4.69, 9.17) is 4.74 Å². The molecule has 34 heavy (non-hydrogen) atoms. The van der Waals surface area contributed by atoms with Crippen LogP contribution < -0.4 is 9.64 Å². The van der Waals surface area contributed by atoms with Crippen LogP contribution in [0.25, 0.3) is 10.2 Å². The lowest BCUT2D eigenvalue weighted by Crippen LogP contribution is -2.41. The van der Waals surface area contributed by atoms with E-state index in [1.807, 2.05) is 39.0 Å². The van der Waals surface area contributed by atoms with Crippen molar-refractivity contribution < 1.29 is 22.3 Å². The summed E-state index contributed by atoms with van der Waals surface area (Å²) in [7, 11) is -3.94. The fourth-order valence-corrected chi connectivity index (χ4v) is 5.57. The first-order valence-corrected chi connectivity index (χ1v) is 13.3. The zero-order valence-electron chi connectivity index (χ0n) is 19.4. The second-order valence-corrected chi connectivity index (χ2v) is 10.3. The number of hydrogen-bond acceptors (Lipinski definition) is 7. The van der Waals surface area contributed by atoms with Gasteiger partial charge < -0.3 is 9.64 Å². The summed E-state index contributed by atoms with van der Waals surface area (Å²) in [5, 5.41) is 0.435. The zero-order valence-corrected chi connectivity index (χ0v) is 21.8. The van der Waals surface area contributed by atoms with Crippen LogP contribution in [0.4, 0.5) is 9.52 Å². The molecule has 7 nitrogen and oxygen atoms in total. The van der Waals surface area contributed by atoms with Crippen molar-refractivity contribution in [1.29, 1.82) is 0 Å². The van der Waals surface area contributed by atoms with Crippen LogP contribution in [-0.2, 0) is 14.6 Å². The lowest BCUT2D eigenvalue weighted by Gasteiger charge is -2.24. The maximum atomic E-state index is 13.2. The van der Waals surface area contributed by atoms with Crippen LogP contribution in [0.1, 0.15) is 20.8 Å². The molecule has 3 aromatic rings. The summed E-state index contributed by atoms with van der Waals surface area (Å²) in [6, 6.07) is 9.98. The second kappa shape index (κ2) is 12.4. The number of fused-ring (bicyclic) bond motifs is 1. The Morgan fingerprint density at radius 2 is 1.74 bits per heavy atom. The second-order valence-electron chi connectivity index (χ2n) is 7.34. The Kier molecular flexibility index (Phi) is 10.2. The molecular weight excluding hydrogens is 501 g/mol. The van der Waals surface area contributed by atoms with Gasteiger partial charge in [-0.25, -0.2) is 17.8 Å². The third-order valence-electron chi connectivity index (χ3n) is 5.21. The molecule has 1 heterocycles. The topological polar surface area (TPSA) is 79.8 Å². The number of ether oxygens (including phenoxy) is 1. The Bertz CT molecular complexity index is 1200. The lowest BCUT2D eigenvalue weighted by atomic mass is 10.3. The molecule has 3 rings (SSSR count). The molecule has 0 aliphatic rings. The van der Waals surface area contributed by atoms with Crippen LogP contribution in [0.15, 0.2) is 47.4 Å². The SMILES string of the molecule is CCOc1ccc2nc(N(CCN(CC)CC)C(=O)CS(=O)(=O)c3ccc(F)cc3)sc2c1.Cl. The number of halogens is 2. The molecule has 186 valence electrons. The van der Waals surface area contributed by atoms with Crippen LogP contribution >= 0.6 is 23.7 Å². The monoisotopic (exact) mass is 529 g/mol. The largest absolute Gasteiger partial charge is 0.494 e. The van der Waals surface area contributed by atoms with E-state index in [0.29, 0.717) is 36.1 Å². The van der Waals surface area contributed by atoms with Crippen LogP contribution in [-0.4, -0.2) is 62.7 Å². The van der Waals surface area contributed by atoms with Crippen molar-refractivity contribution in [3.8, 4) is 5.75 Å². The molecule has 0 N–H and O–H groups in total. The molecular formula is C23H29ClFN3O4S2. The summed E-state index contributed by atoms with van der Waals surface area (Å²) in [4.78, 5) is 21.3. The van der Waals surface area contributed by atoms with E-state index < -0.39 is 27.3 Å². The fourth-order valence-electron chi connectivity index (χ4n) is 3.34. The molecule has 0 unspecified atom stereocenters. The Labute approximate surface area is 209 Å². The van der Waals surface area contributed by atoms with Crippen molar-refractivity contribution in [2.24, 2.45) is 0 Å². The first kappa shape index (κ1) is 28.0. The minimum Gasteiger partial charge on any atom is -0.494 e. The number of aromatic nitrogens is 1. The molecule has 11 heteroatoms. The predicted octanol–water partition coefficient (Wildman–Crippen LogP) is 4.40. The predicted molar refractivity (Wildman–Crippen MR) is 137 cm³/mol. The van der Waals surface area contributed by atoms with Gasteiger partial charge in [0.15, 0.2) is 15.0 Å². The van der Waals surface area contributed by atoms with Gasteiger partial charge in [-0.05, 0) is 62.5 Å². The van der Waals surface area contributed by atoms with E-state index in [1.165, 1.54) is 28.4 Å². The standard InChI is InChI=1S/C23H28FN3O4S2.ClH/c1-4-26(5-2)13-14-27(22(28)16-33(29,30)19-10-7-17(24)8-11-19)23-25-20-12-9-18(31-6-3)15-21(20)32-23;/h7-12,15H,4-6,13-14,16H2,1-3H3;1H. The Balaban J connectivity index is 0.00000408. The Morgan fingerprint density at radius 3 is 2.35 bits per heavy atom. The van der Waals surface area contributed by atoms with Crippen molar-refractivity contribution in [2.75, 3.05) is 43.4 Å². The van der Waals surface area contributed by atoms with Gasteiger partial charge in [-0.3, -0.25) is 9.69 Å². The number of benzene rings is 2. The number of likely N-dealkylation sites (N-methyl/N-ethyl adjacent to an activating group) is 1. The first-order chi connectivity index (χ1) is 15.8. The lowest BCUT2D eigenvalue weighted by molar-refractivity contribution is -0.116. The number of thiazole rings is 1. The summed E-state index contributed by atoms with van der Waals surface area (Å²) < 4.78 is 45.2. The van der Waals surface area contributed by atoms with Gasteiger partial charge >= 0.3 is 0 Å². The number of hydrogen-bond donors (Lipinski definition) is 0. The van der Waals surface area contributed by atoms with Gasteiger partial charge in [0.1, 0.15) is 17.3 Å². The van der Waals surface area contributed by atoms with Crippen LogP contribution in [0.3, 0.4) is 0 Å². The highest BCUT2D eigenvalue weighted by Crippen LogP contribution is 2.32. The van der Waals surface area contributed by atoms with E-state index in [1.54, 1.807) is 0 Å². The summed E-state index contributed by atoms with van der Waals surface area (Å²) in [5.74, 6) is -1.13. The molecule has 0 saturated carbocycles. The molecule has 0 atom stereocenters. The number of carbonyl (C=O) groups is 1. The minimum absolute atomic E-state index is 0. The van der Waals surface area contributed by atoms with E-state index >= 15 is 0 Å². The van der Waals surface area contributed by atoms with Crippen LogP contribution in [0, 0.1) is 5.82 Å². The molecule has 1 aromatic heterocycles. The van der Waals surface area contributed by atoms with Gasteiger partial charge in [0.25, 0.3) is 0 Å². The average Bonchev–Trinajstić information content (AvgIpc) is 3.20. The van der Waals surface area contributed by atoms with Gasteiger partial charge in [0.05, 0.1) is 21.7 Å². The Hall–Kier alpha value is -2.27. The molecule has 0 aliphatic heterocycles. The molecule has 0 aliphatic carbocycles. The zero-order chi connectivity index (χ0) is 24.0. The highest BCUT2D eigenvalue weighted by atomic mass is 35.5. The van der Waals surface area contributed by atoms with E-state index in [2.05, 4.69) is 9.88 Å². The van der Waals surface area contributed by atoms with Crippen molar-refractivity contribution in [1.82, 2.24) is 9.88 Å². The quantitative estimate of drug-likeness (QED) is 0.342. The molecule has 2 aromatic carbocycles. The molecule has 1 amide bonds. The maximum Gasteiger partial charge on any atom is 0.244 e. The number of nitrogens with zero attached hydrogens (tertiary/aromatic N) is 3. The number of anilines is 1. The fraction of sp³-hybridized carbons (Fsp3) is 0.391. The van der Waals surface area contributed by atoms with Crippen molar-refractivity contribution >= 4 is 54.8 Å². The van der Waals surface area contributed by atoms with Gasteiger partial charge in [0, 0.05) is 13.1 Å². The highest BCUT2D eigenvalue weighted by Gasteiger charge is 2.27. The summed E-state index contributed by atoms with van der Waals surface area (Å²) in [6.45, 7) is 8.99. The summed E-state index contributed by atoms with van der Waals surface area (Å²) >= 11 is 1.32. The highest BCUT2D eigenvalue weighted by molar-refractivity contribution is 7.92. The minimum atomic E-state index is -3.94. The molecule has 0 fully saturated rings. The van der Waals surface area contributed by atoms with Crippen LogP contribution in [0.2, 0.25) is 0 Å². The van der Waals surface area contributed by atoms with Crippen LogP contribution in [0.5, 0.6) is 5.75 Å². The van der Waals surface area contributed by atoms with Crippen molar-refractivity contribution in [2.45, 2.75) is 25.7 Å². The number of sulfone groups is 1. The number of carbonyl (C=O) groups excluding carboxylic acids is 1. The van der Waals surface area contributed by atoms with Gasteiger partial charge in [-0.2, -0.15) is 0 Å². The van der Waals surface area contributed by atoms with Gasteiger partial charge in [-0.15, -0.1) is 12.4 Å². The molecule has 0 spiro atoms. The van der Waals surface area contributed by atoms with Crippen molar-refractivity contribution in [3.05, 3.63) is 48.3 Å². The average molecular weight is 530 g/mol. The van der Waals surface area contributed by atoms with E-state index in [0.717, 1.165) is 29.9 Å². The smallest absolute Gasteiger partial charge is 0.244 e. The van der Waals surface area contributed by atoms with Gasteiger partial charge in [0.2, 0.25) is 5.91 Å². The summed E-state index contributed by atoms with van der Waals surface area (Å²) in [6.07, 6.45) is 0. The third kappa shape index (κ3) is 6.88. The van der Waals surface area contributed by atoms with Crippen molar-refractivity contribution in [3.63, 3.8) is 0 Å². The van der Waals surface area contributed by atoms with Gasteiger partial charge in [-0.1, -0.05) is 25.2 Å². The molecule has 0 radical (unpaired) electrons. The molecule has 0 saturated heterocycles. The Morgan fingerprint density at radius 1 is 1.06 bits per heavy atom. The summed E-state index contributed by atoms with van der Waals surface area (Å²) in [5.41, 5.74) is 0.709.